The number of aromatic amines is 1. The van der Waals surface area contributed by atoms with Gasteiger partial charge < -0.3 is 24.5 Å². The van der Waals surface area contributed by atoms with E-state index in [2.05, 4.69) is 34.6 Å². The van der Waals surface area contributed by atoms with Gasteiger partial charge in [0.1, 0.15) is 5.75 Å². The first-order chi connectivity index (χ1) is 13.4. The first-order valence-corrected chi connectivity index (χ1v) is 9.71. The Kier molecular flexibility index (Phi) is 4.38. The fourth-order valence-electron chi connectivity index (χ4n) is 4.21. The molecule has 0 bridgehead atoms. The number of hydrogen-bond acceptors (Lipinski definition) is 4. The van der Waals surface area contributed by atoms with Gasteiger partial charge in [0, 0.05) is 42.2 Å². The molecule has 1 aromatic heterocycles. The fourth-order valence-corrected chi connectivity index (χ4v) is 4.21. The molecule has 0 spiro atoms. The highest BCUT2D eigenvalue weighted by molar-refractivity contribution is 5.85. The van der Waals surface area contributed by atoms with Crippen LogP contribution in [0, 0.1) is 0 Å². The predicted molar refractivity (Wildman–Crippen MR) is 105 cm³/mol. The zero-order chi connectivity index (χ0) is 18.1. The van der Waals surface area contributed by atoms with Crippen LogP contribution in [-0.4, -0.2) is 31.5 Å². The van der Waals surface area contributed by atoms with Gasteiger partial charge in [0.15, 0.2) is 11.5 Å². The molecule has 0 amide bonds. The van der Waals surface area contributed by atoms with E-state index >= 15 is 0 Å². The van der Waals surface area contributed by atoms with Crippen molar-refractivity contribution in [2.75, 3.05) is 26.5 Å². The number of H-pyrrole nitrogens is 1. The molecule has 0 saturated heterocycles. The van der Waals surface area contributed by atoms with E-state index in [0.717, 1.165) is 49.6 Å². The van der Waals surface area contributed by atoms with Gasteiger partial charge in [-0.25, -0.2) is 0 Å². The highest BCUT2D eigenvalue weighted by atomic mass is 16.7. The molecule has 0 saturated carbocycles. The lowest BCUT2D eigenvalue weighted by Crippen LogP contribution is -2.20. The third-order valence-corrected chi connectivity index (χ3v) is 5.49. The van der Waals surface area contributed by atoms with E-state index in [1.807, 2.05) is 18.2 Å². The molecule has 2 aliphatic rings. The average molecular weight is 364 g/mol. The molecule has 1 atom stereocenters. The topological polar surface area (TPSA) is 55.5 Å². The Balaban J connectivity index is 1.25. The van der Waals surface area contributed by atoms with Gasteiger partial charge in [-0.05, 0) is 42.5 Å². The minimum absolute atomic E-state index is 0.292. The third kappa shape index (κ3) is 3.23. The van der Waals surface area contributed by atoms with Crippen molar-refractivity contribution in [1.29, 1.82) is 0 Å². The maximum atomic E-state index is 5.95. The van der Waals surface area contributed by atoms with Gasteiger partial charge >= 0.3 is 0 Å². The van der Waals surface area contributed by atoms with Crippen molar-refractivity contribution in [3.8, 4) is 17.2 Å². The number of nitrogens with one attached hydrogen (secondary N) is 2. The van der Waals surface area contributed by atoms with E-state index < -0.39 is 0 Å². The molecule has 5 rings (SSSR count). The van der Waals surface area contributed by atoms with E-state index in [4.69, 9.17) is 14.2 Å². The largest absolute Gasteiger partial charge is 0.493 e. The van der Waals surface area contributed by atoms with Gasteiger partial charge in [-0.3, -0.25) is 0 Å². The summed E-state index contributed by atoms with van der Waals surface area (Å²) < 4.78 is 16.7. The average Bonchev–Trinajstić information content (AvgIpc) is 3.25. The Morgan fingerprint density at radius 1 is 1.07 bits per heavy atom. The molecular formula is C22H24N2O3. The molecule has 2 N–H and O–H groups in total. The Morgan fingerprint density at radius 3 is 3.00 bits per heavy atom. The number of para-hydroxylation sites is 1. The summed E-state index contributed by atoms with van der Waals surface area (Å²) in [4.78, 5) is 3.63. The van der Waals surface area contributed by atoms with Gasteiger partial charge in [-0.2, -0.15) is 0 Å². The summed E-state index contributed by atoms with van der Waals surface area (Å²) in [5, 5.41) is 4.96. The molecule has 27 heavy (non-hydrogen) atoms. The highest BCUT2D eigenvalue weighted by Crippen LogP contribution is 2.36. The van der Waals surface area contributed by atoms with Crippen LogP contribution in [0.1, 0.15) is 30.0 Å². The van der Waals surface area contributed by atoms with Gasteiger partial charge in [-0.1, -0.05) is 18.2 Å². The number of aromatic nitrogens is 1. The number of fused-ring (bicyclic) bond motifs is 4. The number of benzene rings is 2. The smallest absolute Gasteiger partial charge is 0.231 e. The van der Waals surface area contributed by atoms with Crippen molar-refractivity contribution in [3.63, 3.8) is 0 Å². The summed E-state index contributed by atoms with van der Waals surface area (Å²) in [5.74, 6) is 2.91. The maximum Gasteiger partial charge on any atom is 0.231 e. The molecule has 0 aliphatic carbocycles. The van der Waals surface area contributed by atoms with Crippen molar-refractivity contribution in [1.82, 2.24) is 10.3 Å². The van der Waals surface area contributed by atoms with Crippen LogP contribution in [0.15, 0.2) is 42.5 Å². The molecule has 140 valence electrons. The van der Waals surface area contributed by atoms with Crippen LogP contribution in [0.25, 0.3) is 10.9 Å². The molecule has 3 aromatic rings. The van der Waals surface area contributed by atoms with Gasteiger partial charge in [0.2, 0.25) is 6.79 Å². The molecule has 2 aliphatic heterocycles. The summed E-state index contributed by atoms with van der Waals surface area (Å²) in [5.41, 5.74) is 4.15. The number of rotatable bonds is 5. The molecule has 3 heterocycles. The van der Waals surface area contributed by atoms with Gasteiger partial charge in [0.05, 0.1) is 6.61 Å². The Bertz CT molecular complexity index is 950. The lowest BCUT2D eigenvalue weighted by Gasteiger charge is -2.16. The molecule has 2 aromatic carbocycles. The quantitative estimate of drug-likeness (QED) is 0.672. The first kappa shape index (κ1) is 16.5. The standard InChI is InChI=1S/C22H24N2O3/c1-2-6-18-17(5-1)22-15(13-23-10-9-19(22)24-18)4-3-11-25-16-7-8-20-21(12-16)27-14-26-20/h1-2,5-8,12,15,23-24H,3-4,9-11,13-14H2. The van der Waals surface area contributed by atoms with Crippen LogP contribution in [0.3, 0.4) is 0 Å². The maximum absolute atomic E-state index is 5.95. The zero-order valence-corrected chi connectivity index (χ0v) is 15.3. The second kappa shape index (κ2) is 7.16. The highest BCUT2D eigenvalue weighted by Gasteiger charge is 2.22. The van der Waals surface area contributed by atoms with E-state index in [-0.39, 0.29) is 0 Å². The van der Waals surface area contributed by atoms with Crippen molar-refractivity contribution >= 4 is 10.9 Å². The summed E-state index contributed by atoms with van der Waals surface area (Å²) >= 11 is 0. The lowest BCUT2D eigenvalue weighted by atomic mass is 9.92. The number of ether oxygens (including phenoxy) is 3. The van der Waals surface area contributed by atoms with E-state index in [1.165, 1.54) is 22.2 Å². The van der Waals surface area contributed by atoms with Crippen molar-refractivity contribution in [2.24, 2.45) is 0 Å². The van der Waals surface area contributed by atoms with Crippen LogP contribution < -0.4 is 19.5 Å². The minimum atomic E-state index is 0.292. The van der Waals surface area contributed by atoms with E-state index in [0.29, 0.717) is 19.3 Å². The summed E-state index contributed by atoms with van der Waals surface area (Å²) in [7, 11) is 0. The lowest BCUT2D eigenvalue weighted by molar-refractivity contribution is 0.173. The van der Waals surface area contributed by atoms with E-state index in [9.17, 15) is 0 Å². The third-order valence-electron chi connectivity index (χ3n) is 5.49. The Morgan fingerprint density at radius 2 is 2.00 bits per heavy atom. The van der Waals surface area contributed by atoms with Crippen LogP contribution in [0.4, 0.5) is 0 Å². The molecule has 5 heteroatoms. The SMILES string of the molecule is c1ccc2c3c([nH]c2c1)CCNCC3CCCOc1ccc2c(c1)OCO2. The van der Waals surface area contributed by atoms with Crippen molar-refractivity contribution in [3.05, 3.63) is 53.7 Å². The fraction of sp³-hybridized carbons (Fsp3) is 0.364. The number of hydrogen-bond donors (Lipinski definition) is 2. The monoisotopic (exact) mass is 364 g/mol. The summed E-state index contributed by atoms with van der Waals surface area (Å²) in [6.45, 7) is 3.05. The van der Waals surface area contributed by atoms with Gasteiger partial charge in [-0.15, -0.1) is 0 Å². The molecular weight excluding hydrogens is 340 g/mol. The first-order valence-electron chi connectivity index (χ1n) is 9.71. The van der Waals surface area contributed by atoms with Crippen LogP contribution in [0.2, 0.25) is 0 Å². The van der Waals surface area contributed by atoms with Crippen LogP contribution >= 0.6 is 0 Å². The van der Waals surface area contributed by atoms with Crippen LogP contribution in [0.5, 0.6) is 17.2 Å². The normalized spacial score (nSPS) is 18.3. The van der Waals surface area contributed by atoms with E-state index in [1.54, 1.807) is 0 Å². The van der Waals surface area contributed by atoms with Crippen LogP contribution in [-0.2, 0) is 6.42 Å². The summed E-state index contributed by atoms with van der Waals surface area (Å²) in [6, 6.07) is 14.4. The van der Waals surface area contributed by atoms with Gasteiger partial charge in [0.25, 0.3) is 0 Å². The predicted octanol–water partition coefficient (Wildman–Crippen LogP) is 3.99. The molecule has 0 fully saturated rings. The Labute approximate surface area is 158 Å². The Hall–Kier alpha value is -2.66. The van der Waals surface area contributed by atoms with Crippen molar-refractivity contribution in [2.45, 2.75) is 25.2 Å². The zero-order valence-electron chi connectivity index (χ0n) is 15.3. The second-order valence-corrected chi connectivity index (χ2v) is 7.22. The minimum Gasteiger partial charge on any atom is -0.493 e. The molecule has 5 nitrogen and oxygen atoms in total. The molecule has 0 radical (unpaired) electrons. The van der Waals surface area contributed by atoms with Crippen molar-refractivity contribution < 1.29 is 14.2 Å². The summed E-state index contributed by atoms with van der Waals surface area (Å²) in [6.07, 6.45) is 3.18. The molecule has 1 unspecified atom stereocenters. The second-order valence-electron chi connectivity index (χ2n) is 7.22.